The van der Waals surface area contributed by atoms with Crippen molar-refractivity contribution in [3.05, 3.63) is 0 Å². The summed E-state index contributed by atoms with van der Waals surface area (Å²) in [5.41, 5.74) is 5.95. The summed E-state index contributed by atoms with van der Waals surface area (Å²) in [6.45, 7) is 14.0. The molecule has 0 fully saturated rings. The maximum atomic E-state index is 5.90. The summed E-state index contributed by atoms with van der Waals surface area (Å²) >= 11 is 0. The van der Waals surface area contributed by atoms with Gasteiger partial charge in [-0.05, 0) is 27.2 Å². The van der Waals surface area contributed by atoms with Gasteiger partial charge in [0.15, 0.2) is 0 Å². The fourth-order valence-corrected chi connectivity index (χ4v) is 1.79. The minimum atomic E-state index is 0.0498. The van der Waals surface area contributed by atoms with Gasteiger partial charge in [-0.15, -0.1) is 0 Å². The zero-order valence-corrected chi connectivity index (χ0v) is 12.0. The van der Waals surface area contributed by atoms with Gasteiger partial charge < -0.3 is 15.2 Å². The second kappa shape index (κ2) is 9.83. The second-order valence-corrected chi connectivity index (χ2v) is 4.44. The van der Waals surface area contributed by atoms with Crippen molar-refractivity contribution in [1.29, 1.82) is 0 Å². The van der Waals surface area contributed by atoms with Crippen LogP contribution >= 0.6 is 0 Å². The highest BCUT2D eigenvalue weighted by Gasteiger charge is 2.27. The third-order valence-corrected chi connectivity index (χ3v) is 3.38. The molecule has 0 heterocycles. The molecule has 1 unspecified atom stereocenters. The molecule has 2 N–H and O–H groups in total. The Morgan fingerprint density at radius 3 is 1.76 bits per heavy atom. The molecule has 0 aromatic heterocycles. The smallest absolute Gasteiger partial charge is 0.0593 e. The number of hydrogen-bond acceptors (Lipinski definition) is 4. The van der Waals surface area contributed by atoms with E-state index in [-0.39, 0.29) is 5.54 Å². The zero-order valence-electron chi connectivity index (χ0n) is 12.0. The van der Waals surface area contributed by atoms with Gasteiger partial charge in [-0.2, -0.15) is 0 Å². The van der Waals surface area contributed by atoms with Crippen LogP contribution < -0.4 is 5.73 Å². The van der Waals surface area contributed by atoms with Crippen LogP contribution in [0.25, 0.3) is 0 Å². The monoisotopic (exact) mass is 246 g/mol. The van der Waals surface area contributed by atoms with Crippen molar-refractivity contribution in [3.63, 3.8) is 0 Å². The van der Waals surface area contributed by atoms with E-state index in [2.05, 4.69) is 18.7 Å². The summed E-state index contributed by atoms with van der Waals surface area (Å²) in [5, 5.41) is 0. The summed E-state index contributed by atoms with van der Waals surface area (Å²) in [5.74, 6) is 0. The van der Waals surface area contributed by atoms with Gasteiger partial charge in [-0.25, -0.2) is 0 Å². The Bertz CT molecular complexity index is 163. The van der Waals surface area contributed by atoms with E-state index in [9.17, 15) is 0 Å². The highest BCUT2D eigenvalue weighted by molar-refractivity contribution is 4.86. The summed E-state index contributed by atoms with van der Waals surface area (Å²) in [6, 6.07) is 0. The van der Waals surface area contributed by atoms with Gasteiger partial charge in [0.2, 0.25) is 0 Å². The number of nitrogens with two attached hydrogens (primary N) is 1. The third-order valence-electron chi connectivity index (χ3n) is 3.38. The normalized spacial score (nSPS) is 15.2. The van der Waals surface area contributed by atoms with Crippen molar-refractivity contribution in [2.24, 2.45) is 5.73 Å². The fourth-order valence-electron chi connectivity index (χ4n) is 1.79. The minimum Gasteiger partial charge on any atom is -0.380 e. The fraction of sp³-hybridized carbons (Fsp3) is 1.00. The molecule has 4 nitrogen and oxygen atoms in total. The highest BCUT2D eigenvalue weighted by atomic mass is 16.5. The number of ether oxygens (including phenoxy) is 2. The molecule has 0 saturated heterocycles. The van der Waals surface area contributed by atoms with Gasteiger partial charge in [0.25, 0.3) is 0 Å². The first kappa shape index (κ1) is 16.8. The molecule has 0 bridgehead atoms. The topological polar surface area (TPSA) is 47.7 Å². The molecular formula is C13H30N2O2. The van der Waals surface area contributed by atoms with Gasteiger partial charge in [0, 0.05) is 38.4 Å². The third kappa shape index (κ3) is 6.36. The summed E-state index contributed by atoms with van der Waals surface area (Å²) < 4.78 is 10.9. The molecule has 17 heavy (non-hydrogen) atoms. The highest BCUT2D eigenvalue weighted by Crippen LogP contribution is 2.17. The zero-order chi connectivity index (χ0) is 13.1. The maximum absolute atomic E-state index is 5.90. The van der Waals surface area contributed by atoms with E-state index in [1.165, 1.54) is 0 Å². The van der Waals surface area contributed by atoms with E-state index in [4.69, 9.17) is 15.2 Å². The quantitative estimate of drug-likeness (QED) is 0.561. The Balaban J connectivity index is 4.26. The predicted molar refractivity (Wildman–Crippen MR) is 72.3 cm³/mol. The molecule has 0 aromatic rings. The van der Waals surface area contributed by atoms with E-state index < -0.39 is 0 Å². The lowest BCUT2D eigenvalue weighted by atomic mass is 9.96. The molecule has 1 atom stereocenters. The van der Waals surface area contributed by atoms with Gasteiger partial charge in [0.05, 0.1) is 13.2 Å². The van der Waals surface area contributed by atoms with Crippen molar-refractivity contribution in [2.75, 3.05) is 46.1 Å². The molecule has 0 spiro atoms. The van der Waals surface area contributed by atoms with Crippen molar-refractivity contribution >= 4 is 0 Å². The molecule has 0 aliphatic carbocycles. The van der Waals surface area contributed by atoms with E-state index in [1.54, 1.807) is 0 Å². The Labute approximate surface area is 106 Å². The Kier molecular flexibility index (Phi) is 9.74. The lowest BCUT2D eigenvalue weighted by molar-refractivity contribution is 0.0284. The number of rotatable bonds is 11. The number of hydrogen-bond donors (Lipinski definition) is 1. The summed E-state index contributed by atoms with van der Waals surface area (Å²) in [6.07, 6.45) is 1.04. The standard InChI is InChI=1S/C13H30N2O2/c1-5-13(4,12-14)15(8-10-16-6-2)9-11-17-7-3/h5-12,14H2,1-4H3. The first-order valence-electron chi connectivity index (χ1n) is 6.75. The Morgan fingerprint density at radius 2 is 1.47 bits per heavy atom. The Hall–Kier alpha value is -0.160. The molecule has 104 valence electrons. The van der Waals surface area contributed by atoms with Crippen LogP contribution in [0.5, 0.6) is 0 Å². The van der Waals surface area contributed by atoms with Crippen LogP contribution in [0.3, 0.4) is 0 Å². The van der Waals surface area contributed by atoms with Crippen LogP contribution in [0, 0.1) is 0 Å². The van der Waals surface area contributed by atoms with Gasteiger partial charge >= 0.3 is 0 Å². The van der Waals surface area contributed by atoms with Crippen molar-refractivity contribution in [1.82, 2.24) is 4.90 Å². The first-order valence-corrected chi connectivity index (χ1v) is 6.75. The molecule has 0 radical (unpaired) electrons. The average Bonchev–Trinajstić information content (AvgIpc) is 2.36. The van der Waals surface area contributed by atoms with E-state index in [0.717, 1.165) is 45.9 Å². The van der Waals surface area contributed by atoms with E-state index in [0.29, 0.717) is 6.54 Å². The van der Waals surface area contributed by atoms with Crippen molar-refractivity contribution in [2.45, 2.75) is 39.7 Å². The van der Waals surface area contributed by atoms with Crippen LogP contribution in [0.4, 0.5) is 0 Å². The van der Waals surface area contributed by atoms with Crippen LogP contribution in [0.15, 0.2) is 0 Å². The van der Waals surface area contributed by atoms with Crippen LogP contribution in [0.2, 0.25) is 0 Å². The van der Waals surface area contributed by atoms with E-state index >= 15 is 0 Å². The largest absolute Gasteiger partial charge is 0.380 e. The predicted octanol–water partition coefficient (Wildman–Crippen LogP) is 1.49. The van der Waals surface area contributed by atoms with E-state index in [1.807, 2.05) is 13.8 Å². The molecule has 0 aromatic carbocycles. The molecule has 0 saturated carbocycles. The first-order chi connectivity index (χ1) is 8.14. The molecule has 4 heteroatoms. The number of nitrogens with zero attached hydrogens (tertiary/aromatic N) is 1. The minimum absolute atomic E-state index is 0.0498. The van der Waals surface area contributed by atoms with Crippen molar-refractivity contribution in [3.8, 4) is 0 Å². The Morgan fingerprint density at radius 1 is 1.00 bits per heavy atom. The molecule has 0 aliphatic heterocycles. The van der Waals surface area contributed by atoms with Crippen LogP contribution in [0.1, 0.15) is 34.1 Å². The summed E-state index contributed by atoms with van der Waals surface area (Å²) in [4.78, 5) is 2.39. The SMILES string of the molecule is CCOCCN(CCOCC)C(C)(CC)CN. The van der Waals surface area contributed by atoms with Crippen LogP contribution in [-0.4, -0.2) is 56.5 Å². The second-order valence-electron chi connectivity index (χ2n) is 4.44. The maximum Gasteiger partial charge on any atom is 0.0593 e. The molecule has 0 rings (SSSR count). The molecule has 0 aliphatic rings. The van der Waals surface area contributed by atoms with Gasteiger partial charge in [-0.1, -0.05) is 6.92 Å². The lowest BCUT2D eigenvalue weighted by Crippen LogP contribution is -2.53. The molecule has 0 amide bonds. The average molecular weight is 246 g/mol. The van der Waals surface area contributed by atoms with Crippen LogP contribution in [-0.2, 0) is 9.47 Å². The van der Waals surface area contributed by atoms with Crippen molar-refractivity contribution < 1.29 is 9.47 Å². The lowest BCUT2D eigenvalue weighted by Gasteiger charge is -2.40. The summed E-state index contributed by atoms with van der Waals surface area (Å²) in [7, 11) is 0. The van der Waals surface area contributed by atoms with Gasteiger partial charge in [0.1, 0.15) is 0 Å². The molecular weight excluding hydrogens is 216 g/mol. The van der Waals surface area contributed by atoms with Gasteiger partial charge in [-0.3, -0.25) is 4.90 Å².